The molecule has 0 aromatic heterocycles. The van der Waals surface area contributed by atoms with Crippen LogP contribution in [0.3, 0.4) is 0 Å². The molecular formula is C23H23ClN2O4S. The number of hydrogen-bond acceptors (Lipinski definition) is 4. The van der Waals surface area contributed by atoms with Crippen LogP contribution in [0.2, 0.25) is 5.02 Å². The van der Waals surface area contributed by atoms with Crippen LogP contribution in [0, 0.1) is 13.8 Å². The summed E-state index contributed by atoms with van der Waals surface area (Å²) in [6.45, 7) is 5.32. The number of amides is 1. The molecule has 0 radical (unpaired) electrons. The number of rotatable bonds is 7. The second-order valence-electron chi connectivity index (χ2n) is 7.11. The molecule has 0 fully saturated rings. The number of nitrogens with one attached hydrogen (secondary N) is 2. The fraction of sp³-hybridized carbons (Fsp3) is 0.174. The number of benzene rings is 3. The monoisotopic (exact) mass is 458 g/mol. The molecule has 0 unspecified atom stereocenters. The molecule has 2 N–H and O–H groups in total. The van der Waals surface area contributed by atoms with Gasteiger partial charge in [-0.05, 0) is 80.4 Å². The molecule has 1 amide bonds. The zero-order valence-corrected chi connectivity index (χ0v) is 18.9. The van der Waals surface area contributed by atoms with Gasteiger partial charge in [-0.2, -0.15) is 0 Å². The molecule has 0 aliphatic rings. The summed E-state index contributed by atoms with van der Waals surface area (Å²) in [6, 6.07) is 18.3. The third-order valence-electron chi connectivity index (χ3n) is 4.62. The second-order valence-corrected chi connectivity index (χ2v) is 9.20. The molecule has 6 nitrogen and oxygen atoms in total. The maximum atomic E-state index is 12.7. The van der Waals surface area contributed by atoms with Gasteiger partial charge in [0.1, 0.15) is 5.75 Å². The molecule has 3 aromatic carbocycles. The van der Waals surface area contributed by atoms with Crippen molar-refractivity contribution in [1.29, 1.82) is 0 Å². The molecule has 0 aliphatic carbocycles. The van der Waals surface area contributed by atoms with Gasteiger partial charge in [0.05, 0.1) is 10.6 Å². The Labute approximate surface area is 187 Å². The summed E-state index contributed by atoms with van der Waals surface area (Å²) in [5, 5.41) is 3.20. The van der Waals surface area contributed by atoms with Gasteiger partial charge in [0.15, 0.2) is 6.10 Å². The van der Waals surface area contributed by atoms with Crippen LogP contribution in [-0.4, -0.2) is 20.4 Å². The zero-order chi connectivity index (χ0) is 22.6. The standard InChI is InChI=1S/C23H23ClN2O4S/c1-15-6-4-7-19(14-15)30-17(3)23(27)25-18-10-12-20(13-11-18)31(28,29)26-22-9-5-8-21(24)16(22)2/h4-14,17,26H,1-3H3,(H,25,27)/t17-/m1/s1. The maximum Gasteiger partial charge on any atom is 0.265 e. The van der Waals surface area contributed by atoms with Crippen LogP contribution in [0.1, 0.15) is 18.1 Å². The first-order valence-electron chi connectivity index (χ1n) is 9.58. The van der Waals surface area contributed by atoms with E-state index in [1.54, 1.807) is 38.1 Å². The topological polar surface area (TPSA) is 84.5 Å². The average molecular weight is 459 g/mol. The number of halogens is 1. The van der Waals surface area contributed by atoms with Gasteiger partial charge in [0.2, 0.25) is 0 Å². The predicted octanol–water partition coefficient (Wildman–Crippen LogP) is 5.16. The number of carbonyl (C=O) groups is 1. The number of sulfonamides is 1. The molecule has 31 heavy (non-hydrogen) atoms. The van der Waals surface area contributed by atoms with Gasteiger partial charge in [0, 0.05) is 10.7 Å². The first-order valence-corrected chi connectivity index (χ1v) is 11.4. The molecule has 0 saturated heterocycles. The number of ether oxygens (including phenoxy) is 1. The van der Waals surface area contributed by atoms with E-state index >= 15 is 0 Å². The number of aryl methyl sites for hydroxylation is 1. The van der Waals surface area contributed by atoms with E-state index in [9.17, 15) is 13.2 Å². The Morgan fingerprint density at radius 3 is 2.35 bits per heavy atom. The molecule has 0 bridgehead atoms. The van der Waals surface area contributed by atoms with Crippen molar-refractivity contribution in [2.45, 2.75) is 31.8 Å². The quantitative estimate of drug-likeness (QED) is 0.512. The molecule has 3 aromatic rings. The summed E-state index contributed by atoms with van der Waals surface area (Å²) in [7, 11) is -3.80. The summed E-state index contributed by atoms with van der Waals surface area (Å²) in [4.78, 5) is 12.5. The average Bonchev–Trinajstić information content (AvgIpc) is 2.71. The summed E-state index contributed by atoms with van der Waals surface area (Å²) in [5.74, 6) is 0.260. The first-order chi connectivity index (χ1) is 14.7. The van der Waals surface area contributed by atoms with Crippen molar-refractivity contribution in [3.8, 4) is 5.75 Å². The fourth-order valence-corrected chi connectivity index (χ4v) is 4.13. The third-order valence-corrected chi connectivity index (χ3v) is 6.41. The van der Waals surface area contributed by atoms with Crippen LogP contribution in [-0.2, 0) is 14.8 Å². The summed E-state index contributed by atoms with van der Waals surface area (Å²) in [5.41, 5.74) is 2.54. The first kappa shape index (κ1) is 22.7. The Bertz CT molecular complexity index is 1190. The predicted molar refractivity (Wildman–Crippen MR) is 123 cm³/mol. The van der Waals surface area contributed by atoms with Crippen LogP contribution in [0.15, 0.2) is 71.6 Å². The van der Waals surface area contributed by atoms with E-state index < -0.39 is 16.1 Å². The Morgan fingerprint density at radius 2 is 1.68 bits per heavy atom. The van der Waals surface area contributed by atoms with Crippen molar-refractivity contribution in [1.82, 2.24) is 0 Å². The fourth-order valence-electron chi connectivity index (χ4n) is 2.83. The zero-order valence-electron chi connectivity index (χ0n) is 17.3. The molecule has 0 spiro atoms. The highest BCUT2D eigenvalue weighted by Gasteiger charge is 2.18. The van der Waals surface area contributed by atoms with Gasteiger partial charge in [-0.3, -0.25) is 9.52 Å². The number of hydrogen-bond donors (Lipinski definition) is 2. The lowest BCUT2D eigenvalue weighted by atomic mass is 10.2. The van der Waals surface area contributed by atoms with Gasteiger partial charge in [-0.25, -0.2) is 8.42 Å². The molecule has 8 heteroatoms. The highest BCUT2D eigenvalue weighted by atomic mass is 35.5. The Hall–Kier alpha value is -3.03. The lowest BCUT2D eigenvalue weighted by molar-refractivity contribution is -0.122. The van der Waals surface area contributed by atoms with Crippen LogP contribution in [0.25, 0.3) is 0 Å². The van der Waals surface area contributed by atoms with Gasteiger partial charge in [-0.1, -0.05) is 29.8 Å². The van der Waals surface area contributed by atoms with Gasteiger partial charge < -0.3 is 10.1 Å². The molecule has 162 valence electrons. The molecule has 1 atom stereocenters. The van der Waals surface area contributed by atoms with Gasteiger partial charge >= 0.3 is 0 Å². The van der Waals surface area contributed by atoms with E-state index in [0.29, 0.717) is 27.7 Å². The summed E-state index contributed by atoms with van der Waals surface area (Å²) in [6.07, 6.45) is -0.724. The minimum absolute atomic E-state index is 0.0638. The summed E-state index contributed by atoms with van der Waals surface area (Å²) >= 11 is 6.06. The van der Waals surface area contributed by atoms with E-state index in [0.717, 1.165) is 5.56 Å². The van der Waals surface area contributed by atoms with Crippen molar-refractivity contribution < 1.29 is 17.9 Å². The minimum atomic E-state index is -3.80. The normalized spacial score (nSPS) is 12.1. The Balaban J connectivity index is 1.66. The largest absolute Gasteiger partial charge is 0.481 e. The molecule has 0 heterocycles. The van der Waals surface area contributed by atoms with Crippen LogP contribution < -0.4 is 14.8 Å². The lowest BCUT2D eigenvalue weighted by Gasteiger charge is -2.15. The molecular weight excluding hydrogens is 436 g/mol. The van der Waals surface area contributed by atoms with E-state index in [1.807, 2.05) is 25.1 Å². The number of carbonyl (C=O) groups excluding carboxylic acids is 1. The Kier molecular flexibility index (Phi) is 6.87. The maximum absolute atomic E-state index is 12.7. The van der Waals surface area contributed by atoms with Crippen molar-refractivity contribution in [3.05, 3.63) is 82.9 Å². The Morgan fingerprint density at radius 1 is 1.00 bits per heavy atom. The second kappa shape index (κ2) is 9.41. The highest BCUT2D eigenvalue weighted by Crippen LogP contribution is 2.26. The third kappa shape index (κ3) is 5.77. The van der Waals surface area contributed by atoms with Crippen molar-refractivity contribution in [2.75, 3.05) is 10.0 Å². The SMILES string of the molecule is Cc1cccc(O[C@H](C)C(=O)Nc2ccc(S(=O)(=O)Nc3cccc(Cl)c3C)cc2)c1. The molecule has 0 saturated carbocycles. The van der Waals surface area contributed by atoms with Crippen LogP contribution in [0.5, 0.6) is 5.75 Å². The van der Waals surface area contributed by atoms with E-state index in [2.05, 4.69) is 10.0 Å². The van der Waals surface area contributed by atoms with Crippen molar-refractivity contribution in [2.24, 2.45) is 0 Å². The molecule has 0 aliphatic heterocycles. The van der Waals surface area contributed by atoms with Gasteiger partial charge in [-0.15, -0.1) is 0 Å². The smallest absolute Gasteiger partial charge is 0.265 e. The van der Waals surface area contributed by atoms with Crippen molar-refractivity contribution in [3.63, 3.8) is 0 Å². The van der Waals surface area contributed by atoms with Crippen LogP contribution in [0.4, 0.5) is 11.4 Å². The van der Waals surface area contributed by atoms with Crippen molar-refractivity contribution >= 4 is 38.9 Å². The lowest BCUT2D eigenvalue weighted by Crippen LogP contribution is -2.30. The molecule has 3 rings (SSSR count). The van der Waals surface area contributed by atoms with E-state index in [-0.39, 0.29) is 10.8 Å². The van der Waals surface area contributed by atoms with Gasteiger partial charge in [0.25, 0.3) is 15.9 Å². The minimum Gasteiger partial charge on any atom is -0.481 e. The highest BCUT2D eigenvalue weighted by molar-refractivity contribution is 7.92. The van der Waals surface area contributed by atoms with Crippen LogP contribution >= 0.6 is 11.6 Å². The van der Waals surface area contributed by atoms with E-state index in [1.165, 1.54) is 24.3 Å². The number of anilines is 2. The summed E-state index contributed by atoms with van der Waals surface area (Å²) < 4.78 is 33.6. The van der Waals surface area contributed by atoms with E-state index in [4.69, 9.17) is 16.3 Å².